The Kier molecular flexibility index (Phi) is 5.67. The smallest absolute Gasteiger partial charge is 0.255 e. The minimum atomic E-state index is -0.205. The fourth-order valence-electron chi connectivity index (χ4n) is 3.58. The number of ether oxygens (including phenoxy) is 1. The molecule has 3 heterocycles. The summed E-state index contributed by atoms with van der Waals surface area (Å²) in [4.78, 5) is 23.7. The maximum atomic E-state index is 13.0. The lowest BCUT2D eigenvalue weighted by Crippen LogP contribution is -2.48. The molecule has 1 amide bonds. The molecule has 1 aromatic carbocycles. The summed E-state index contributed by atoms with van der Waals surface area (Å²) in [6.45, 7) is 1.53. The molecular weight excluding hydrogens is 390 g/mol. The van der Waals surface area contributed by atoms with Gasteiger partial charge in [-0.05, 0) is 37.1 Å². The molecule has 1 unspecified atom stereocenters. The summed E-state index contributed by atoms with van der Waals surface area (Å²) in [7, 11) is 1.55. The van der Waals surface area contributed by atoms with E-state index in [-0.39, 0.29) is 11.9 Å². The molecule has 150 valence electrons. The Balaban J connectivity index is 1.51. The maximum Gasteiger partial charge on any atom is 0.255 e. The highest BCUT2D eigenvalue weighted by atomic mass is 35.5. The first-order chi connectivity index (χ1) is 14.2. The van der Waals surface area contributed by atoms with Crippen LogP contribution in [0, 0.1) is 0 Å². The molecule has 1 atom stereocenters. The number of piperidine rings is 1. The molecule has 0 spiro atoms. The van der Waals surface area contributed by atoms with Gasteiger partial charge in [-0.2, -0.15) is 0 Å². The molecule has 4 rings (SSSR count). The van der Waals surface area contributed by atoms with Crippen LogP contribution in [0.5, 0.6) is 5.75 Å². The number of benzene rings is 1. The lowest BCUT2D eigenvalue weighted by Gasteiger charge is -2.33. The van der Waals surface area contributed by atoms with Crippen molar-refractivity contribution in [3.05, 3.63) is 65.7 Å². The largest absolute Gasteiger partial charge is 0.496 e. The van der Waals surface area contributed by atoms with E-state index in [9.17, 15) is 4.79 Å². The Hall–Kier alpha value is -3.06. The van der Waals surface area contributed by atoms with Gasteiger partial charge in [0.25, 0.3) is 5.91 Å². The minimum absolute atomic E-state index is 0.00679. The van der Waals surface area contributed by atoms with Crippen LogP contribution in [0.2, 0.25) is 5.02 Å². The average Bonchev–Trinajstić information content (AvgIpc) is 3.29. The van der Waals surface area contributed by atoms with E-state index in [0.717, 1.165) is 25.1 Å². The summed E-state index contributed by atoms with van der Waals surface area (Å²) in [6.07, 6.45) is 9.08. The minimum Gasteiger partial charge on any atom is -0.496 e. The van der Waals surface area contributed by atoms with E-state index in [1.165, 1.54) is 0 Å². The predicted octanol–water partition coefficient (Wildman–Crippen LogP) is 3.33. The summed E-state index contributed by atoms with van der Waals surface area (Å²) >= 11 is 6.46. The van der Waals surface area contributed by atoms with Crippen molar-refractivity contribution in [2.75, 3.05) is 25.1 Å². The first-order valence-electron chi connectivity index (χ1n) is 9.49. The standard InChI is InChI=1S/C21H22ClN5O2/c1-29-19-13-18(26-9-2-3-10-26)17(22)12-16(19)20(28)25-15-6-4-11-27(14-15)21-23-7-5-8-24-21/h2-3,5,7-10,12-13,15H,4,6,11,14H2,1H3,(H,25,28). The van der Waals surface area contributed by atoms with Crippen molar-refractivity contribution in [2.45, 2.75) is 18.9 Å². The molecule has 0 aliphatic carbocycles. The Morgan fingerprint density at radius 1 is 1.21 bits per heavy atom. The molecule has 1 aliphatic heterocycles. The van der Waals surface area contributed by atoms with Crippen LogP contribution in [-0.4, -0.2) is 46.7 Å². The zero-order valence-corrected chi connectivity index (χ0v) is 16.8. The fraction of sp³-hybridized carbons (Fsp3) is 0.286. The molecule has 8 heteroatoms. The highest BCUT2D eigenvalue weighted by Crippen LogP contribution is 2.30. The van der Waals surface area contributed by atoms with Gasteiger partial charge in [-0.25, -0.2) is 9.97 Å². The van der Waals surface area contributed by atoms with Gasteiger partial charge in [-0.1, -0.05) is 11.6 Å². The van der Waals surface area contributed by atoms with E-state index < -0.39 is 0 Å². The second kappa shape index (κ2) is 8.53. The van der Waals surface area contributed by atoms with Crippen LogP contribution in [0.4, 0.5) is 5.95 Å². The highest BCUT2D eigenvalue weighted by Gasteiger charge is 2.25. The van der Waals surface area contributed by atoms with E-state index in [1.54, 1.807) is 37.7 Å². The number of carbonyl (C=O) groups is 1. The van der Waals surface area contributed by atoms with Gasteiger partial charge in [0, 0.05) is 50.0 Å². The van der Waals surface area contributed by atoms with Gasteiger partial charge < -0.3 is 19.5 Å². The highest BCUT2D eigenvalue weighted by molar-refractivity contribution is 6.33. The number of aromatic nitrogens is 3. The van der Waals surface area contributed by atoms with Crippen LogP contribution in [0.1, 0.15) is 23.2 Å². The Labute approximate surface area is 174 Å². The maximum absolute atomic E-state index is 13.0. The van der Waals surface area contributed by atoms with Crippen LogP contribution in [0.25, 0.3) is 5.69 Å². The summed E-state index contributed by atoms with van der Waals surface area (Å²) in [5.74, 6) is 0.960. The number of methoxy groups -OCH3 is 1. The van der Waals surface area contributed by atoms with Crippen LogP contribution in [0.3, 0.4) is 0 Å². The quantitative estimate of drug-likeness (QED) is 0.697. The number of amides is 1. The van der Waals surface area contributed by atoms with E-state index in [1.807, 2.05) is 29.1 Å². The number of carbonyl (C=O) groups excluding carboxylic acids is 1. The molecule has 1 N–H and O–H groups in total. The average molecular weight is 412 g/mol. The lowest BCUT2D eigenvalue weighted by molar-refractivity contribution is 0.0930. The first kappa shape index (κ1) is 19.3. The number of nitrogens with zero attached hydrogens (tertiary/aromatic N) is 4. The van der Waals surface area contributed by atoms with Gasteiger partial charge in [-0.15, -0.1) is 0 Å². The lowest BCUT2D eigenvalue weighted by atomic mass is 10.0. The Morgan fingerprint density at radius 3 is 2.69 bits per heavy atom. The van der Waals surface area contributed by atoms with Crippen molar-refractivity contribution in [1.82, 2.24) is 19.9 Å². The van der Waals surface area contributed by atoms with E-state index in [4.69, 9.17) is 16.3 Å². The summed E-state index contributed by atoms with van der Waals surface area (Å²) < 4.78 is 7.36. The zero-order valence-electron chi connectivity index (χ0n) is 16.1. The van der Waals surface area contributed by atoms with Gasteiger partial charge >= 0.3 is 0 Å². The fourth-order valence-corrected chi connectivity index (χ4v) is 3.84. The van der Waals surface area contributed by atoms with Crippen LogP contribution in [-0.2, 0) is 0 Å². The first-order valence-corrected chi connectivity index (χ1v) is 9.87. The second-order valence-corrected chi connectivity index (χ2v) is 7.31. The molecule has 0 radical (unpaired) electrons. The van der Waals surface area contributed by atoms with Gasteiger partial charge in [0.2, 0.25) is 5.95 Å². The Bertz CT molecular complexity index is 978. The van der Waals surface area contributed by atoms with Gasteiger partial charge in [-0.3, -0.25) is 4.79 Å². The summed E-state index contributed by atoms with van der Waals surface area (Å²) in [5, 5.41) is 3.59. The molecular formula is C21H22ClN5O2. The van der Waals surface area contributed by atoms with Crippen molar-refractivity contribution in [1.29, 1.82) is 0 Å². The van der Waals surface area contributed by atoms with Crippen molar-refractivity contribution in [3.63, 3.8) is 0 Å². The predicted molar refractivity (Wildman–Crippen MR) is 112 cm³/mol. The van der Waals surface area contributed by atoms with Crippen molar-refractivity contribution >= 4 is 23.5 Å². The molecule has 1 fully saturated rings. The molecule has 0 bridgehead atoms. The molecule has 2 aromatic heterocycles. The van der Waals surface area contributed by atoms with Crippen molar-refractivity contribution in [2.24, 2.45) is 0 Å². The summed E-state index contributed by atoms with van der Waals surface area (Å²) in [5.41, 5.74) is 1.18. The van der Waals surface area contributed by atoms with Crippen LogP contribution in [0.15, 0.2) is 55.1 Å². The molecule has 1 aliphatic rings. The molecule has 7 nitrogen and oxygen atoms in total. The third-order valence-electron chi connectivity index (χ3n) is 4.99. The van der Waals surface area contributed by atoms with Crippen molar-refractivity contribution < 1.29 is 9.53 Å². The van der Waals surface area contributed by atoms with E-state index in [2.05, 4.69) is 20.2 Å². The molecule has 29 heavy (non-hydrogen) atoms. The summed E-state index contributed by atoms with van der Waals surface area (Å²) in [6, 6.07) is 9.05. The number of hydrogen-bond acceptors (Lipinski definition) is 5. The zero-order chi connectivity index (χ0) is 20.2. The van der Waals surface area contributed by atoms with E-state index in [0.29, 0.717) is 28.8 Å². The van der Waals surface area contributed by atoms with Gasteiger partial charge in [0.15, 0.2) is 0 Å². The monoisotopic (exact) mass is 411 g/mol. The molecule has 0 saturated carbocycles. The van der Waals surface area contributed by atoms with Crippen molar-refractivity contribution in [3.8, 4) is 11.4 Å². The SMILES string of the molecule is COc1cc(-n2cccc2)c(Cl)cc1C(=O)NC1CCCN(c2ncccn2)C1. The Morgan fingerprint density at radius 2 is 1.97 bits per heavy atom. The number of halogens is 1. The van der Waals surface area contributed by atoms with Gasteiger partial charge in [0.05, 0.1) is 23.4 Å². The van der Waals surface area contributed by atoms with Gasteiger partial charge in [0.1, 0.15) is 5.75 Å². The number of hydrogen-bond donors (Lipinski definition) is 1. The van der Waals surface area contributed by atoms with Crippen LogP contribution < -0.4 is 15.0 Å². The van der Waals surface area contributed by atoms with E-state index >= 15 is 0 Å². The number of nitrogens with one attached hydrogen (secondary N) is 1. The number of rotatable bonds is 5. The normalized spacial score (nSPS) is 16.5. The van der Waals surface area contributed by atoms with Crippen LogP contribution >= 0.6 is 11.6 Å². The molecule has 3 aromatic rings. The third-order valence-corrected chi connectivity index (χ3v) is 5.29. The topological polar surface area (TPSA) is 72.3 Å². The second-order valence-electron chi connectivity index (χ2n) is 6.90. The molecule has 1 saturated heterocycles. The number of anilines is 1. The third kappa shape index (κ3) is 4.19.